The Morgan fingerprint density at radius 3 is 3.00 bits per heavy atom. The van der Waals surface area contributed by atoms with Crippen molar-refractivity contribution in [1.82, 2.24) is 0 Å². The van der Waals surface area contributed by atoms with Crippen LogP contribution in [0.25, 0.3) is 0 Å². The van der Waals surface area contributed by atoms with Crippen LogP contribution in [0.5, 0.6) is 0 Å². The molecule has 14 heavy (non-hydrogen) atoms. The van der Waals surface area contributed by atoms with Crippen molar-refractivity contribution in [2.24, 2.45) is 5.73 Å². The van der Waals surface area contributed by atoms with E-state index in [4.69, 9.17) is 10.5 Å². The fourth-order valence-electron chi connectivity index (χ4n) is 1.86. The Balaban J connectivity index is 2.09. The normalized spacial score (nSPS) is 26.7. The Kier molecular flexibility index (Phi) is 2.79. The molecule has 0 aromatic heterocycles. The highest BCUT2D eigenvalue weighted by molar-refractivity contribution is 5.21. The quantitative estimate of drug-likeness (QED) is 0.778. The van der Waals surface area contributed by atoms with E-state index in [1.165, 1.54) is 6.07 Å². The molecule has 1 fully saturated rings. The fourth-order valence-corrected chi connectivity index (χ4v) is 1.86. The second-order valence-electron chi connectivity index (χ2n) is 3.68. The molecule has 2 unspecified atom stereocenters. The zero-order valence-electron chi connectivity index (χ0n) is 7.95. The first-order valence-corrected chi connectivity index (χ1v) is 4.86. The molecule has 76 valence electrons. The first-order valence-electron chi connectivity index (χ1n) is 4.86. The summed E-state index contributed by atoms with van der Waals surface area (Å²) in [6.07, 6.45) is 1.04. The molecule has 0 spiro atoms. The highest BCUT2D eigenvalue weighted by Gasteiger charge is 2.25. The zero-order chi connectivity index (χ0) is 9.97. The highest BCUT2D eigenvalue weighted by atomic mass is 19.1. The molecule has 1 saturated heterocycles. The molecule has 1 aromatic carbocycles. The van der Waals surface area contributed by atoms with Crippen molar-refractivity contribution >= 4 is 0 Å². The lowest BCUT2D eigenvalue weighted by molar-refractivity contribution is 0.116. The lowest BCUT2D eigenvalue weighted by Gasteiger charge is -2.07. The van der Waals surface area contributed by atoms with Gasteiger partial charge in [-0.25, -0.2) is 4.39 Å². The molecule has 3 heteroatoms. The van der Waals surface area contributed by atoms with Crippen molar-refractivity contribution in [1.29, 1.82) is 0 Å². The number of rotatable bonds is 2. The summed E-state index contributed by atoms with van der Waals surface area (Å²) >= 11 is 0. The molecular formula is C11H14FNO. The van der Waals surface area contributed by atoms with E-state index in [1.807, 2.05) is 6.07 Å². The van der Waals surface area contributed by atoms with Crippen LogP contribution in [0.4, 0.5) is 4.39 Å². The summed E-state index contributed by atoms with van der Waals surface area (Å²) in [4.78, 5) is 0. The summed E-state index contributed by atoms with van der Waals surface area (Å²) in [6.45, 7) is 1.21. The molecular weight excluding hydrogens is 181 g/mol. The molecule has 1 aromatic rings. The van der Waals surface area contributed by atoms with Crippen LogP contribution in [0.3, 0.4) is 0 Å². The zero-order valence-corrected chi connectivity index (χ0v) is 7.95. The Morgan fingerprint density at radius 1 is 1.50 bits per heavy atom. The maximum Gasteiger partial charge on any atom is 0.123 e. The van der Waals surface area contributed by atoms with Gasteiger partial charge in [0.15, 0.2) is 0 Å². The van der Waals surface area contributed by atoms with Crippen LogP contribution >= 0.6 is 0 Å². The summed E-state index contributed by atoms with van der Waals surface area (Å²) in [5.74, 6) is 0.123. The SMILES string of the molecule is NCC1CC(c2cccc(F)c2)CO1. The van der Waals surface area contributed by atoms with E-state index in [1.54, 1.807) is 12.1 Å². The van der Waals surface area contributed by atoms with Crippen LogP contribution in [0.15, 0.2) is 24.3 Å². The minimum Gasteiger partial charge on any atom is -0.376 e. The van der Waals surface area contributed by atoms with Crippen LogP contribution in [0.1, 0.15) is 17.9 Å². The standard InChI is InChI=1S/C11H14FNO/c12-10-3-1-2-8(4-10)9-5-11(6-13)14-7-9/h1-4,9,11H,5-7,13H2. The smallest absolute Gasteiger partial charge is 0.123 e. The van der Waals surface area contributed by atoms with Gasteiger partial charge in [0.1, 0.15) is 5.82 Å². The van der Waals surface area contributed by atoms with Gasteiger partial charge in [0, 0.05) is 12.5 Å². The molecule has 2 atom stereocenters. The number of hydrogen-bond acceptors (Lipinski definition) is 2. The maximum absolute atomic E-state index is 12.9. The maximum atomic E-state index is 12.9. The van der Waals surface area contributed by atoms with Gasteiger partial charge in [-0.3, -0.25) is 0 Å². The number of ether oxygens (including phenoxy) is 1. The molecule has 1 heterocycles. The summed E-state index contributed by atoms with van der Waals surface area (Å²) in [5.41, 5.74) is 6.52. The van der Waals surface area contributed by atoms with Crippen molar-refractivity contribution in [3.63, 3.8) is 0 Å². The van der Waals surface area contributed by atoms with Gasteiger partial charge < -0.3 is 10.5 Å². The Bertz CT molecular complexity index is 316. The molecule has 0 saturated carbocycles. The Labute approximate surface area is 82.9 Å². The lowest BCUT2D eigenvalue weighted by atomic mass is 9.96. The van der Waals surface area contributed by atoms with E-state index in [0.29, 0.717) is 19.1 Å². The molecule has 2 nitrogen and oxygen atoms in total. The van der Waals surface area contributed by atoms with Gasteiger partial charge in [0.05, 0.1) is 12.7 Å². The second-order valence-corrected chi connectivity index (χ2v) is 3.68. The molecule has 1 aliphatic rings. The monoisotopic (exact) mass is 195 g/mol. The predicted molar refractivity (Wildman–Crippen MR) is 52.6 cm³/mol. The first kappa shape index (κ1) is 9.62. The Morgan fingerprint density at radius 2 is 2.36 bits per heavy atom. The van der Waals surface area contributed by atoms with Crippen molar-refractivity contribution < 1.29 is 9.13 Å². The van der Waals surface area contributed by atoms with Gasteiger partial charge in [0.25, 0.3) is 0 Å². The fraction of sp³-hybridized carbons (Fsp3) is 0.455. The second kappa shape index (κ2) is 4.07. The predicted octanol–water partition coefficient (Wildman–Crippen LogP) is 1.66. The van der Waals surface area contributed by atoms with Crippen molar-refractivity contribution in [2.75, 3.05) is 13.2 Å². The first-order chi connectivity index (χ1) is 6.79. The van der Waals surface area contributed by atoms with Crippen LogP contribution in [-0.4, -0.2) is 19.3 Å². The number of nitrogens with two attached hydrogens (primary N) is 1. The van der Waals surface area contributed by atoms with E-state index < -0.39 is 0 Å². The van der Waals surface area contributed by atoms with Crippen LogP contribution in [0, 0.1) is 5.82 Å². The lowest BCUT2D eigenvalue weighted by Crippen LogP contribution is -2.18. The molecule has 0 radical (unpaired) electrons. The Hall–Kier alpha value is -0.930. The van der Waals surface area contributed by atoms with Crippen LogP contribution in [-0.2, 0) is 4.74 Å². The highest BCUT2D eigenvalue weighted by Crippen LogP contribution is 2.29. The van der Waals surface area contributed by atoms with Gasteiger partial charge in [-0.1, -0.05) is 12.1 Å². The van der Waals surface area contributed by atoms with Crippen LogP contribution in [0.2, 0.25) is 0 Å². The summed E-state index contributed by atoms with van der Waals surface area (Å²) in [6, 6.07) is 6.71. The molecule has 0 amide bonds. The van der Waals surface area contributed by atoms with Crippen molar-refractivity contribution in [3.05, 3.63) is 35.6 Å². The molecule has 0 aliphatic carbocycles. The van der Waals surface area contributed by atoms with E-state index in [2.05, 4.69) is 0 Å². The van der Waals surface area contributed by atoms with Gasteiger partial charge in [-0.15, -0.1) is 0 Å². The topological polar surface area (TPSA) is 35.2 Å². The minimum atomic E-state index is -0.182. The number of halogens is 1. The third kappa shape index (κ3) is 1.94. The molecule has 1 aliphatic heterocycles. The van der Waals surface area contributed by atoms with Crippen LogP contribution < -0.4 is 5.73 Å². The van der Waals surface area contributed by atoms with E-state index >= 15 is 0 Å². The van der Waals surface area contributed by atoms with Crippen molar-refractivity contribution in [3.8, 4) is 0 Å². The summed E-state index contributed by atoms with van der Waals surface area (Å²) in [5, 5.41) is 0. The van der Waals surface area contributed by atoms with Gasteiger partial charge in [-0.2, -0.15) is 0 Å². The summed E-state index contributed by atoms with van der Waals surface area (Å²) in [7, 11) is 0. The van der Waals surface area contributed by atoms with Gasteiger partial charge >= 0.3 is 0 Å². The minimum absolute atomic E-state index is 0.142. The van der Waals surface area contributed by atoms with Gasteiger partial charge in [0.2, 0.25) is 0 Å². The number of hydrogen-bond donors (Lipinski definition) is 1. The summed E-state index contributed by atoms with van der Waals surface area (Å²) < 4.78 is 18.4. The van der Waals surface area contributed by atoms with E-state index in [9.17, 15) is 4.39 Å². The van der Waals surface area contributed by atoms with E-state index in [-0.39, 0.29) is 11.9 Å². The average Bonchev–Trinajstić information content (AvgIpc) is 2.66. The van der Waals surface area contributed by atoms with E-state index in [0.717, 1.165) is 12.0 Å². The molecule has 0 bridgehead atoms. The third-order valence-electron chi connectivity index (χ3n) is 2.66. The average molecular weight is 195 g/mol. The van der Waals surface area contributed by atoms with Gasteiger partial charge in [-0.05, 0) is 24.1 Å². The molecule has 2 N–H and O–H groups in total. The van der Waals surface area contributed by atoms with Crippen molar-refractivity contribution in [2.45, 2.75) is 18.4 Å². The number of benzene rings is 1. The third-order valence-corrected chi connectivity index (χ3v) is 2.66. The largest absolute Gasteiger partial charge is 0.376 e. The molecule has 2 rings (SSSR count).